The minimum Gasteiger partial charge on any atom is -0.497 e. The van der Waals surface area contributed by atoms with E-state index in [2.05, 4.69) is 31.3 Å². The van der Waals surface area contributed by atoms with E-state index < -0.39 is 0 Å². The Bertz CT molecular complexity index is 311. The van der Waals surface area contributed by atoms with Crippen molar-refractivity contribution in [2.24, 2.45) is 0 Å². The molecule has 3 nitrogen and oxygen atoms in total. The molecule has 0 aliphatic rings. The molecule has 1 aromatic carbocycles. The molecule has 1 unspecified atom stereocenters. The third-order valence-corrected chi connectivity index (χ3v) is 2.72. The lowest BCUT2D eigenvalue weighted by atomic mass is 10.1. The largest absolute Gasteiger partial charge is 0.497 e. The first-order valence-corrected chi connectivity index (χ1v) is 6.15. The van der Waals surface area contributed by atoms with Crippen LogP contribution in [0.4, 0.5) is 0 Å². The van der Waals surface area contributed by atoms with Crippen LogP contribution in [0.15, 0.2) is 24.3 Å². The van der Waals surface area contributed by atoms with E-state index in [1.807, 2.05) is 19.1 Å². The van der Waals surface area contributed by atoms with E-state index in [1.165, 1.54) is 5.56 Å². The van der Waals surface area contributed by atoms with Crippen LogP contribution in [0.5, 0.6) is 5.75 Å². The molecule has 0 fully saturated rings. The molecular formula is C14H23NO2. The van der Waals surface area contributed by atoms with Gasteiger partial charge in [-0.25, -0.2) is 0 Å². The maximum atomic E-state index is 5.39. The number of hydrogen-bond acceptors (Lipinski definition) is 3. The zero-order valence-electron chi connectivity index (χ0n) is 11.2. The van der Waals surface area contributed by atoms with E-state index in [-0.39, 0.29) is 0 Å². The molecule has 0 saturated carbocycles. The Morgan fingerprint density at radius 2 is 1.82 bits per heavy atom. The molecule has 0 aliphatic heterocycles. The fourth-order valence-corrected chi connectivity index (χ4v) is 1.76. The first-order chi connectivity index (χ1) is 8.17. The molecule has 17 heavy (non-hydrogen) atoms. The molecule has 1 N–H and O–H groups in total. The van der Waals surface area contributed by atoms with E-state index in [0.29, 0.717) is 12.1 Å². The summed E-state index contributed by atoms with van der Waals surface area (Å²) in [5.41, 5.74) is 1.26. The van der Waals surface area contributed by atoms with E-state index in [4.69, 9.17) is 9.47 Å². The highest BCUT2D eigenvalue weighted by Crippen LogP contribution is 2.17. The van der Waals surface area contributed by atoms with Gasteiger partial charge in [-0.15, -0.1) is 0 Å². The Kier molecular flexibility index (Phi) is 6.01. The molecule has 0 aliphatic carbocycles. The van der Waals surface area contributed by atoms with Crippen molar-refractivity contribution in [2.75, 3.05) is 20.3 Å². The third-order valence-electron chi connectivity index (χ3n) is 2.72. The van der Waals surface area contributed by atoms with Gasteiger partial charge >= 0.3 is 0 Å². The molecular weight excluding hydrogens is 214 g/mol. The average molecular weight is 237 g/mol. The summed E-state index contributed by atoms with van der Waals surface area (Å²) in [5.74, 6) is 0.892. The number of ether oxygens (including phenoxy) is 2. The minimum atomic E-state index is 0.316. The van der Waals surface area contributed by atoms with E-state index in [1.54, 1.807) is 7.11 Å². The predicted octanol–water partition coefficient (Wildman–Crippen LogP) is 2.77. The van der Waals surface area contributed by atoms with Gasteiger partial charge in [0, 0.05) is 18.7 Å². The van der Waals surface area contributed by atoms with Gasteiger partial charge in [-0.05, 0) is 38.5 Å². The highest BCUT2D eigenvalue weighted by molar-refractivity contribution is 5.28. The van der Waals surface area contributed by atoms with Gasteiger partial charge in [-0.1, -0.05) is 12.1 Å². The number of nitrogens with one attached hydrogen (secondary N) is 1. The second-order valence-corrected chi connectivity index (χ2v) is 4.22. The molecule has 0 bridgehead atoms. The molecule has 0 radical (unpaired) electrons. The minimum absolute atomic E-state index is 0.316. The fraction of sp³-hybridized carbons (Fsp3) is 0.571. The first-order valence-electron chi connectivity index (χ1n) is 6.15. The van der Waals surface area contributed by atoms with Gasteiger partial charge in [0.2, 0.25) is 0 Å². The van der Waals surface area contributed by atoms with E-state index in [9.17, 15) is 0 Å². The molecule has 0 amide bonds. The summed E-state index contributed by atoms with van der Waals surface area (Å²) < 4.78 is 10.5. The van der Waals surface area contributed by atoms with Crippen LogP contribution in [0.2, 0.25) is 0 Å². The van der Waals surface area contributed by atoms with Crippen LogP contribution in [-0.4, -0.2) is 26.4 Å². The second kappa shape index (κ2) is 7.30. The summed E-state index contributed by atoms with van der Waals surface area (Å²) in [6, 6.07) is 8.82. The van der Waals surface area contributed by atoms with Crippen LogP contribution < -0.4 is 10.1 Å². The third kappa shape index (κ3) is 4.75. The van der Waals surface area contributed by atoms with Crippen LogP contribution >= 0.6 is 0 Å². The number of rotatable bonds is 7. The van der Waals surface area contributed by atoms with E-state index >= 15 is 0 Å². The van der Waals surface area contributed by atoms with Crippen LogP contribution in [0.3, 0.4) is 0 Å². The summed E-state index contributed by atoms with van der Waals surface area (Å²) in [5, 5.41) is 3.50. The Morgan fingerprint density at radius 1 is 1.18 bits per heavy atom. The maximum absolute atomic E-state index is 5.39. The Labute approximate surface area is 104 Å². The fourth-order valence-electron chi connectivity index (χ4n) is 1.76. The molecule has 96 valence electrons. The van der Waals surface area contributed by atoms with Gasteiger partial charge in [0.15, 0.2) is 0 Å². The van der Waals surface area contributed by atoms with Crippen molar-refractivity contribution in [1.82, 2.24) is 5.32 Å². The highest BCUT2D eigenvalue weighted by atomic mass is 16.5. The van der Waals surface area contributed by atoms with Gasteiger partial charge in [0.1, 0.15) is 5.75 Å². The standard InChI is InChI=1S/C14H23NO2/c1-5-17-10-11(2)15-12(3)13-6-8-14(16-4)9-7-13/h6-9,11-12,15H,5,10H2,1-4H3/t11?,12-/m0/s1. The van der Waals surface area contributed by atoms with Gasteiger partial charge in [-0.2, -0.15) is 0 Å². The lowest BCUT2D eigenvalue weighted by Crippen LogP contribution is -2.32. The number of methoxy groups -OCH3 is 1. The van der Waals surface area contributed by atoms with Crippen molar-refractivity contribution in [3.8, 4) is 5.75 Å². The highest BCUT2D eigenvalue weighted by Gasteiger charge is 2.09. The normalized spacial score (nSPS) is 14.4. The van der Waals surface area contributed by atoms with Crippen LogP contribution in [0, 0.1) is 0 Å². The lowest BCUT2D eigenvalue weighted by molar-refractivity contribution is 0.124. The number of benzene rings is 1. The lowest BCUT2D eigenvalue weighted by Gasteiger charge is -2.20. The molecule has 3 heteroatoms. The van der Waals surface area contributed by atoms with Crippen LogP contribution in [-0.2, 0) is 4.74 Å². The van der Waals surface area contributed by atoms with Gasteiger partial charge in [0.25, 0.3) is 0 Å². The SMILES string of the molecule is CCOCC(C)N[C@@H](C)c1ccc(OC)cc1. The quantitative estimate of drug-likeness (QED) is 0.791. The average Bonchev–Trinajstić information content (AvgIpc) is 2.36. The molecule has 2 atom stereocenters. The monoisotopic (exact) mass is 237 g/mol. The summed E-state index contributed by atoms with van der Waals surface area (Å²) >= 11 is 0. The Morgan fingerprint density at radius 3 is 2.35 bits per heavy atom. The van der Waals surface area contributed by atoms with Crippen molar-refractivity contribution in [3.05, 3.63) is 29.8 Å². The van der Waals surface area contributed by atoms with Crippen molar-refractivity contribution < 1.29 is 9.47 Å². The Balaban J connectivity index is 2.47. The predicted molar refractivity (Wildman–Crippen MR) is 70.5 cm³/mol. The van der Waals surface area contributed by atoms with Crippen LogP contribution in [0.1, 0.15) is 32.4 Å². The van der Waals surface area contributed by atoms with E-state index in [0.717, 1.165) is 19.0 Å². The molecule has 0 aromatic heterocycles. The van der Waals surface area contributed by atoms with Gasteiger partial charge in [0.05, 0.1) is 13.7 Å². The molecule has 0 spiro atoms. The summed E-state index contributed by atoms with van der Waals surface area (Å²) in [7, 11) is 1.68. The second-order valence-electron chi connectivity index (χ2n) is 4.22. The first kappa shape index (κ1) is 14.0. The molecule has 1 rings (SSSR count). The summed E-state index contributed by atoms with van der Waals surface area (Å²) in [6.07, 6.45) is 0. The van der Waals surface area contributed by atoms with Crippen molar-refractivity contribution in [2.45, 2.75) is 32.9 Å². The van der Waals surface area contributed by atoms with Crippen molar-refractivity contribution in [1.29, 1.82) is 0 Å². The Hall–Kier alpha value is -1.06. The topological polar surface area (TPSA) is 30.5 Å². The number of hydrogen-bond donors (Lipinski definition) is 1. The van der Waals surface area contributed by atoms with Crippen molar-refractivity contribution in [3.63, 3.8) is 0 Å². The smallest absolute Gasteiger partial charge is 0.118 e. The summed E-state index contributed by atoms with van der Waals surface area (Å²) in [4.78, 5) is 0. The molecule has 0 saturated heterocycles. The van der Waals surface area contributed by atoms with Crippen LogP contribution in [0.25, 0.3) is 0 Å². The summed E-state index contributed by atoms with van der Waals surface area (Å²) in [6.45, 7) is 7.82. The maximum Gasteiger partial charge on any atom is 0.118 e. The van der Waals surface area contributed by atoms with Gasteiger partial charge in [-0.3, -0.25) is 0 Å². The van der Waals surface area contributed by atoms with Gasteiger partial charge < -0.3 is 14.8 Å². The zero-order valence-corrected chi connectivity index (χ0v) is 11.2. The molecule has 1 aromatic rings. The zero-order chi connectivity index (χ0) is 12.7. The van der Waals surface area contributed by atoms with Crippen molar-refractivity contribution >= 4 is 0 Å². The molecule has 0 heterocycles.